The van der Waals surface area contributed by atoms with Crippen LogP contribution >= 0.6 is 11.6 Å². The molecule has 0 radical (unpaired) electrons. The van der Waals surface area contributed by atoms with Crippen molar-refractivity contribution in [2.45, 2.75) is 6.42 Å². The number of benzene rings is 1. The fourth-order valence-corrected chi connectivity index (χ4v) is 1.79. The largest absolute Gasteiger partial charge is 0.354 e. The molecule has 0 saturated carbocycles. The molecule has 0 aliphatic carbocycles. The average molecular weight is 306 g/mol. The zero-order valence-corrected chi connectivity index (χ0v) is 12.1. The highest BCUT2D eigenvalue weighted by molar-refractivity contribution is 6.33. The van der Waals surface area contributed by atoms with E-state index in [1.807, 2.05) is 12.1 Å². The molecular weight excluding hydrogens is 290 g/mol. The average Bonchev–Trinajstić information content (AvgIpc) is 2.50. The summed E-state index contributed by atoms with van der Waals surface area (Å²) in [6.45, 7) is 1.21. The molecule has 0 saturated heterocycles. The third-order valence-electron chi connectivity index (χ3n) is 2.61. The molecule has 0 spiro atoms. The van der Waals surface area contributed by atoms with Crippen LogP contribution in [0, 0.1) is 0 Å². The van der Waals surface area contributed by atoms with E-state index in [1.165, 1.54) is 0 Å². The molecule has 110 valence electrons. The van der Waals surface area contributed by atoms with Crippen molar-refractivity contribution >= 4 is 29.3 Å². The lowest BCUT2D eigenvalue weighted by molar-refractivity contribution is 0.252. The highest BCUT2D eigenvalue weighted by Gasteiger charge is 2.03. The van der Waals surface area contributed by atoms with Gasteiger partial charge in [0.1, 0.15) is 0 Å². The van der Waals surface area contributed by atoms with Crippen LogP contribution in [0.2, 0.25) is 5.02 Å². The molecule has 2 rings (SSSR count). The van der Waals surface area contributed by atoms with Crippen molar-refractivity contribution in [1.29, 1.82) is 0 Å². The molecule has 0 unspecified atom stereocenters. The Balaban J connectivity index is 1.63. The summed E-state index contributed by atoms with van der Waals surface area (Å²) in [6.07, 6.45) is 4.10. The Bertz CT molecular complexity index is 579. The fraction of sp³-hybridized carbons (Fsp3) is 0.214. The van der Waals surface area contributed by atoms with Gasteiger partial charge in [0.05, 0.1) is 10.7 Å². The van der Waals surface area contributed by atoms with E-state index in [1.54, 1.807) is 30.6 Å². The predicted octanol–water partition coefficient (Wildman–Crippen LogP) is 2.75. The summed E-state index contributed by atoms with van der Waals surface area (Å²) in [7, 11) is 0. The van der Waals surface area contributed by atoms with E-state index < -0.39 is 0 Å². The molecule has 6 nitrogen and oxygen atoms in total. The van der Waals surface area contributed by atoms with Crippen molar-refractivity contribution in [2.75, 3.05) is 23.7 Å². The van der Waals surface area contributed by atoms with E-state index in [0.29, 0.717) is 29.7 Å². The minimum Gasteiger partial charge on any atom is -0.354 e. The van der Waals surface area contributed by atoms with Crippen LogP contribution in [-0.2, 0) is 0 Å². The smallest absolute Gasteiger partial charge is 0.319 e. The van der Waals surface area contributed by atoms with Crippen LogP contribution < -0.4 is 16.0 Å². The maximum absolute atomic E-state index is 11.7. The molecule has 7 heteroatoms. The Morgan fingerprint density at radius 1 is 1.10 bits per heavy atom. The number of carbonyl (C=O) groups is 1. The fourth-order valence-electron chi connectivity index (χ4n) is 1.61. The third-order valence-corrected chi connectivity index (χ3v) is 2.94. The molecule has 2 amide bonds. The lowest BCUT2D eigenvalue weighted by Gasteiger charge is -2.09. The number of urea groups is 1. The molecule has 1 aromatic carbocycles. The number of nitrogens with one attached hydrogen (secondary N) is 3. The number of nitrogens with zero attached hydrogens (tertiary/aromatic N) is 2. The van der Waals surface area contributed by atoms with Gasteiger partial charge in [0.25, 0.3) is 0 Å². The molecule has 0 aliphatic heterocycles. The Kier molecular flexibility index (Phi) is 5.78. The first kappa shape index (κ1) is 15.1. The van der Waals surface area contributed by atoms with Gasteiger partial charge in [-0.05, 0) is 24.6 Å². The lowest BCUT2D eigenvalue weighted by Crippen LogP contribution is -2.30. The van der Waals surface area contributed by atoms with Gasteiger partial charge in [0, 0.05) is 25.5 Å². The van der Waals surface area contributed by atoms with Gasteiger partial charge in [0.2, 0.25) is 5.95 Å². The summed E-state index contributed by atoms with van der Waals surface area (Å²) < 4.78 is 0. The van der Waals surface area contributed by atoms with Crippen molar-refractivity contribution in [2.24, 2.45) is 0 Å². The number of para-hydroxylation sites is 1. The van der Waals surface area contributed by atoms with Gasteiger partial charge in [-0.15, -0.1) is 0 Å². The molecular formula is C14H16ClN5O. The number of amides is 2. The van der Waals surface area contributed by atoms with Crippen molar-refractivity contribution in [3.63, 3.8) is 0 Å². The van der Waals surface area contributed by atoms with Gasteiger partial charge in [-0.3, -0.25) is 0 Å². The molecule has 0 fully saturated rings. The van der Waals surface area contributed by atoms with Gasteiger partial charge in [-0.2, -0.15) is 0 Å². The predicted molar refractivity (Wildman–Crippen MR) is 83.6 cm³/mol. The Morgan fingerprint density at radius 3 is 2.62 bits per heavy atom. The van der Waals surface area contributed by atoms with Crippen LogP contribution in [0.15, 0.2) is 42.7 Å². The first-order chi connectivity index (χ1) is 10.3. The second-order valence-corrected chi connectivity index (χ2v) is 4.62. The summed E-state index contributed by atoms with van der Waals surface area (Å²) in [5, 5.41) is 9.02. The minimum atomic E-state index is -0.279. The second kappa shape index (κ2) is 8.06. The molecule has 1 aromatic heterocycles. The number of carbonyl (C=O) groups excluding carboxylic acids is 1. The topological polar surface area (TPSA) is 78.9 Å². The summed E-state index contributed by atoms with van der Waals surface area (Å²) in [4.78, 5) is 19.8. The van der Waals surface area contributed by atoms with Crippen LogP contribution in [0.3, 0.4) is 0 Å². The zero-order valence-electron chi connectivity index (χ0n) is 11.3. The molecule has 0 aliphatic rings. The van der Waals surface area contributed by atoms with Gasteiger partial charge in [0.15, 0.2) is 0 Å². The summed E-state index contributed by atoms with van der Waals surface area (Å²) in [5.74, 6) is 0.581. The number of rotatable bonds is 6. The second-order valence-electron chi connectivity index (χ2n) is 4.21. The van der Waals surface area contributed by atoms with E-state index >= 15 is 0 Å². The van der Waals surface area contributed by atoms with E-state index in [4.69, 9.17) is 11.6 Å². The Labute approximate surface area is 128 Å². The highest BCUT2D eigenvalue weighted by Crippen LogP contribution is 2.19. The van der Waals surface area contributed by atoms with Crippen LogP contribution in [-0.4, -0.2) is 29.1 Å². The van der Waals surface area contributed by atoms with E-state index in [2.05, 4.69) is 25.9 Å². The normalized spacial score (nSPS) is 9.95. The molecule has 0 bridgehead atoms. The standard InChI is InChI=1S/C14H16ClN5O/c15-11-5-1-2-6-12(11)20-14(21)19-10-4-9-18-13-16-7-3-8-17-13/h1-3,5-8H,4,9-10H2,(H,16,17,18)(H2,19,20,21). The maximum Gasteiger partial charge on any atom is 0.319 e. The maximum atomic E-state index is 11.7. The first-order valence-corrected chi connectivity index (χ1v) is 6.94. The SMILES string of the molecule is O=C(NCCCNc1ncccn1)Nc1ccccc1Cl. The molecule has 3 N–H and O–H groups in total. The molecule has 0 atom stereocenters. The van der Waals surface area contributed by atoms with Crippen molar-refractivity contribution < 1.29 is 4.79 Å². The van der Waals surface area contributed by atoms with Crippen LogP contribution in [0.1, 0.15) is 6.42 Å². The number of hydrogen-bond donors (Lipinski definition) is 3. The monoisotopic (exact) mass is 305 g/mol. The highest BCUT2D eigenvalue weighted by atomic mass is 35.5. The van der Waals surface area contributed by atoms with E-state index in [-0.39, 0.29) is 6.03 Å². The number of hydrogen-bond acceptors (Lipinski definition) is 4. The van der Waals surface area contributed by atoms with Crippen molar-refractivity contribution in [3.05, 3.63) is 47.7 Å². The van der Waals surface area contributed by atoms with Crippen LogP contribution in [0.5, 0.6) is 0 Å². The van der Waals surface area contributed by atoms with Crippen molar-refractivity contribution in [1.82, 2.24) is 15.3 Å². The summed E-state index contributed by atoms with van der Waals surface area (Å²) in [6, 6.07) is 8.57. The molecule has 2 aromatic rings. The minimum absolute atomic E-state index is 0.279. The van der Waals surface area contributed by atoms with Gasteiger partial charge in [-0.1, -0.05) is 23.7 Å². The van der Waals surface area contributed by atoms with Crippen molar-refractivity contribution in [3.8, 4) is 0 Å². The number of aromatic nitrogens is 2. The molecule has 1 heterocycles. The number of anilines is 2. The van der Waals surface area contributed by atoms with Gasteiger partial charge >= 0.3 is 6.03 Å². The third kappa shape index (κ3) is 5.27. The first-order valence-electron chi connectivity index (χ1n) is 6.56. The molecule has 21 heavy (non-hydrogen) atoms. The number of halogens is 1. The van der Waals surface area contributed by atoms with Crippen LogP contribution in [0.25, 0.3) is 0 Å². The van der Waals surface area contributed by atoms with E-state index in [9.17, 15) is 4.79 Å². The lowest BCUT2D eigenvalue weighted by atomic mass is 10.3. The quantitative estimate of drug-likeness (QED) is 0.717. The summed E-state index contributed by atoms with van der Waals surface area (Å²) in [5.41, 5.74) is 0.590. The van der Waals surface area contributed by atoms with Gasteiger partial charge < -0.3 is 16.0 Å². The van der Waals surface area contributed by atoms with Crippen LogP contribution in [0.4, 0.5) is 16.4 Å². The van der Waals surface area contributed by atoms with E-state index in [0.717, 1.165) is 6.42 Å². The Hall–Kier alpha value is -2.34. The Morgan fingerprint density at radius 2 is 1.86 bits per heavy atom. The zero-order chi connectivity index (χ0) is 14.9. The summed E-state index contributed by atoms with van der Waals surface area (Å²) >= 11 is 5.95. The van der Waals surface area contributed by atoms with Gasteiger partial charge in [-0.25, -0.2) is 14.8 Å².